The molecular formula is C17H19N5O3. The van der Waals surface area contributed by atoms with E-state index in [-0.39, 0.29) is 12.7 Å². The number of imidazole rings is 1. The average Bonchev–Trinajstić information content (AvgIpc) is 3.15. The minimum absolute atomic E-state index is 0.0425. The quantitative estimate of drug-likeness (QED) is 0.655. The van der Waals surface area contributed by atoms with Gasteiger partial charge in [0, 0.05) is 31.6 Å². The summed E-state index contributed by atoms with van der Waals surface area (Å²) in [6, 6.07) is 5.82. The normalized spacial score (nSPS) is 18.2. The van der Waals surface area contributed by atoms with Crippen LogP contribution in [0.4, 0.5) is 4.79 Å². The lowest BCUT2D eigenvalue weighted by Crippen LogP contribution is -2.28. The van der Waals surface area contributed by atoms with Crippen molar-refractivity contribution >= 4 is 17.0 Å². The van der Waals surface area contributed by atoms with Crippen LogP contribution in [0.15, 0.2) is 24.4 Å². The van der Waals surface area contributed by atoms with Crippen LogP contribution in [0.3, 0.4) is 0 Å². The second kappa shape index (κ2) is 6.12. The second-order valence-corrected chi connectivity index (χ2v) is 6.15. The first kappa shape index (κ1) is 15.5. The summed E-state index contributed by atoms with van der Waals surface area (Å²) in [7, 11) is 1.86. The number of nitrogens with zero attached hydrogens (tertiary/aromatic N) is 3. The molecule has 4 bridgehead atoms. The van der Waals surface area contributed by atoms with Crippen LogP contribution in [0.2, 0.25) is 0 Å². The number of carbonyl (C=O) groups excluding carboxylic acids is 1. The van der Waals surface area contributed by atoms with Crippen molar-refractivity contribution in [2.75, 3.05) is 6.54 Å². The SMILES string of the molecule is C[C@@H]1CCNC(=O)OCc2nc(cn2C)-c2n[nH]c3ccc(cc23)O1. The minimum Gasteiger partial charge on any atom is -0.491 e. The fourth-order valence-corrected chi connectivity index (χ4v) is 2.86. The molecule has 130 valence electrons. The Morgan fingerprint density at radius 2 is 2.24 bits per heavy atom. The van der Waals surface area contributed by atoms with E-state index in [1.807, 2.05) is 42.9 Å². The Morgan fingerprint density at radius 1 is 1.36 bits per heavy atom. The van der Waals surface area contributed by atoms with Crippen molar-refractivity contribution in [3.05, 3.63) is 30.2 Å². The molecule has 0 unspecified atom stereocenters. The maximum atomic E-state index is 11.8. The Hall–Kier alpha value is -3.03. The zero-order chi connectivity index (χ0) is 17.4. The number of hydrogen-bond acceptors (Lipinski definition) is 5. The monoisotopic (exact) mass is 341 g/mol. The van der Waals surface area contributed by atoms with Crippen molar-refractivity contribution in [3.63, 3.8) is 0 Å². The average molecular weight is 341 g/mol. The van der Waals surface area contributed by atoms with Crippen molar-refractivity contribution < 1.29 is 14.3 Å². The zero-order valence-corrected chi connectivity index (χ0v) is 14.1. The third-order valence-corrected chi connectivity index (χ3v) is 4.24. The summed E-state index contributed by atoms with van der Waals surface area (Å²) in [4.78, 5) is 16.3. The molecule has 4 rings (SSSR count). The smallest absolute Gasteiger partial charge is 0.407 e. The van der Waals surface area contributed by atoms with E-state index in [1.165, 1.54) is 0 Å². The van der Waals surface area contributed by atoms with Crippen molar-refractivity contribution in [3.8, 4) is 17.1 Å². The number of cyclic esters (lactones) is 1. The lowest BCUT2D eigenvalue weighted by Gasteiger charge is -2.15. The van der Waals surface area contributed by atoms with Gasteiger partial charge < -0.3 is 19.4 Å². The van der Waals surface area contributed by atoms with E-state index in [2.05, 4.69) is 20.5 Å². The number of hydrogen-bond donors (Lipinski definition) is 2. The first-order chi connectivity index (χ1) is 12.1. The van der Waals surface area contributed by atoms with Crippen molar-refractivity contribution in [1.29, 1.82) is 0 Å². The van der Waals surface area contributed by atoms with Crippen LogP contribution in [0.5, 0.6) is 5.75 Å². The highest BCUT2D eigenvalue weighted by atomic mass is 16.5. The Bertz CT molecular complexity index is 930. The summed E-state index contributed by atoms with van der Waals surface area (Å²) in [6.07, 6.45) is 2.04. The first-order valence-corrected chi connectivity index (χ1v) is 8.18. The highest BCUT2D eigenvalue weighted by Crippen LogP contribution is 2.29. The number of aryl methyl sites for hydroxylation is 1. The molecule has 1 atom stereocenters. The van der Waals surface area contributed by atoms with Crippen LogP contribution in [0.25, 0.3) is 22.3 Å². The Kier molecular flexibility index (Phi) is 3.79. The standard InChI is InChI=1S/C17H19N5O3/c1-10-5-6-18-17(23)24-9-15-19-14(8-22(15)2)16-12-7-11(25-10)3-4-13(12)20-21-16/h3-4,7-8,10H,5-6,9H2,1-2H3,(H,18,23)(H,20,21)/t10-/m1/s1. The van der Waals surface area contributed by atoms with E-state index in [4.69, 9.17) is 9.47 Å². The number of alkyl carbamates (subject to hydrolysis) is 1. The molecule has 8 heteroatoms. The van der Waals surface area contributed by atoms with Gasteiger partial charge in [-0.15, -0.1) is 0 Å². The van der Waals surface area contributed by atoms with Gasteiger partial charge in [-0.1, -0.05) is 0 Å². The molecule has 2 N–H and O–H groups in total. The minimum atomic E-state index is -0.464. The summed E-state index contributed by atoms with van der Waals surface area (Å²) in [5.41, 5.74) is 2.38. The summed E-state index contributed by atoms with van der Waals surface area (Å²) in [5.74, 6) is 1.41. The summed E-state index contributed by atoms with van der Waals surface area (Å²) < 4.78 is 13.0. The molecule has 8 nitrogen and oxygen atoms in total. The molecule has 1 aromatic carbocycles. The Morgan fingerprint density at radius 3 is 3.12 bits per heavy atom. The van der Waals surface area contributed by atoms with Crippen molar-refractivity contribution in [2.24, 2.45) is 7.05 Å². The number of H-pyrrole nitrogens is 1. The molecule has 0 saturated carbocycles. The van der Waals surface area contributed by atoms with Crippen LogP contribution in [0, 0.1) is 0 Å². The lowest BCUT2D eigenvalue weighted by molar-refractivity contribution is 0.133. The van der Waals surface area contributed by atoms with Gasteiger partial charge in [-0.3, -0.25) is 5.10 Å². The molecule has 2 aromatic heterocycles. The Balaban J connectivity index is 1.79. The first-order valence-electron chi connectivity index (χ1n) is 8.18. The number of ether oxygens (including phenoxy) is 2. The largest absolute Gasteiger partial charge is 0.491 e. The number of benzene rings is 1. The number of amides is 1. The summed E-state index contributed by atoms with van der Waals surface area (Å²) in [6.45, 7) is 2.54. The topological polar surface area (TPSA) is 94.1 Å². The van der Waals surface area contributed by atoms with Crippen molar-refractivity contribution in [1.82, 2.24) is 25.1 Å². The van der Waals surface area contributed by atoms with Gasteiger partial charge in [0.2, 0.25) is 0 Å². The van der Waals surface area contributed by atoms with Crippen molar-refractivity contribution in [2.45, 2.75) is 26.1 Å². The molecule has 1 aliphatic rings. The molecule has 1 aliphatic heterocycles. The number of aromatic nitrogens is 4. The van der Waals surface area contributed by atoms with Crippen LogP contribution in [-0.2, 0) is 18.4 Å². The fourth-order valence-electron chi connectivity index (χ4n) is 2.86. The van der Waals surface area contributed by atoms with E-state index >= 15 is 0 Å². The zero-order valence-electron chi connectivity index (χ0n) is 14.1. The Labute approximate surface area is 144 Å². The molecule has 0 aliphatic carbocycles. The fraction of sp³-hybridized carbons (Fsp3) is 0.353. The number of nitrogens with one attached hydrogen (secondary N) is 2. The molecule has 0 saturated heterocycles. The van der Waals surface area contributed by atoms with Crippen LogP contribution < -0.4 is 10.1 Å². The van der Waals surface area contributed by atoms with Gasteiger partial charge in [-0.2, -0.15) is 5.10 Å². The van der Waals surface area contributed by atoms with E-state index < -0.39 is 6.09 Å². The van der Waals surface area contributed by atoms with E-state index in [0.29, 0.717) is 24.5 Å². The van der Waals surface area contributed by atoms with Gasteiger partial charge in [-0.25, -0.2) is 9.78 Å². The van der Waals surface area contributed by atoms with E-state index in [1.54, 1.807) is 0 Å². The predicted molar refractivity (Wildman–Crippen MR) is 91.2 cm³/mol. The van der Waals surface area contributed by atoms with Crippen LogP contribution in [-0.4, -0.2) is 38.5 Å². The molecule has 0 fully saturated rings. The number of fused-ring (bicyclic) bond motifs is 4. The second-order valence-electron chi connectivity index (χ2n) is 6.15. The molecule has 25 heavy (non-hydrogen) atoms. The number of rotatable bonds is 0. The summed E-state index contributed by atoms with van der Waals surface area (Å²) in [5, 5.41) is 11.1. The third kappa shape index (κ3) is 3.02. The highest BCUT2D eigenvalue weighted by molar-refractivity contribution is 5.92. The van der Waals surface area contributed by atoms with Gasteiger partial charge in [0.15, 0.2) is 6.61 Å². The third-order valence-electron chi connectivity index (χ3n) is 4.24. The van der Waals surface area contributed by atoms with E-state index in [0.717, 1.165) is 22.3 Å². The number of carbonyl (C=O) groups is 1. The van der Waals surface area contributed by atoms with Gasteiger partial charge in [-0.05, 0) is 25.1 Å². The van der Waals surface area contributed by atoms with Gasteiger partial charge in [0.1, 0.15) is 23.0 Å². The lowest BCUT2D eigenvalue weighted by atomic mass is 10.1. The maximum absolute atomic E-state index is 11.8. The predicted octanol–water partition coefficient (Wildman–Crippen LogP) is 2.36. The maximum Gasteiger partial charge on any atom is 0.407 e. The van der Waals surface area contributed by atoms with Gasteiger partial charge >= 0.3 is 6.09 Å². The van der Waals surface area contributed by atoms with Crippen LogP contribution >= 0.6 is 0 Å². The molecule has 0 spiro atoms. The van der Waals surface area contributed by atoms with Gasteiger partial charge in [0.05, 0.1) is 11.6 Å². The number of aromatic amines is 1. The molecule has 3 heterocycles. The molecule has 1 amide bonds. The van der Waals surface area contributed by atoms with Crippen LogP contribution in [0.1, 0.15) is 19.2 Å². The van der Waals surface area contributed by atoms with Gasteiger partial charge in [0.25, 0.3) is 0 Å². The van der Waals surface area contributed by atoms with E-state index in [9.17, 15) is 4.79 Å². The summed E-state index contributed by atoms with van der Waals surface area (Å²) >= 11 is 0. The molecule has 3 aromatic rings. The highest BCUT2D eigenvalue weighted by Gasteiger charge is 2.16. The molecular weight excluding hydrogens is 322 g/mol. The molecule has 0 radical (unpaired) electrons.